The van der Waals surface area contributed by atoms with Gasteiger partial charge < -0.3 is 15.2 Å². The van der Waals surface area contributed by atoms with E-state index in [0.29, 0.717) is 24.3 Å². The van der Waals surface area contributed by atoms with E-state index in [1.807, 2.05) is 0 Å². The summed E-state index contributed by atoms with van der Waals surface area (Å²) in [5.41, 5.74) is 0.274. The lowest BCUT2D eigenvalue weighted by atomic mass is 10.1. The predicted octanol–water partition coefficient (Wildman–Crippen LogP) is 2.79. The Morgan fingerprint density at radius 3 is 2.42 bits per heavy atom. The monoisotopic (exact) mass is 265 g/mol. The van der Waals surface area contributed by atoms with Crippen LogP contribution in [0.4, 0.5) is 0 Å². The molecule has 0 heterocycles. The summed E-state index contributed by atoms with van der Waals surface area (Å²) in [7, 11) is 0. The van der Waals surface area contributed by atoms with Crippen molar-refractivity contribution in [1.82, 2.24) is 5.32 Å². The van der Waals surface area contributed by atoms with Crippen LogP contribution < -0.4 is 10.1 Å². The van der Waals surface area contributed by atoms with E-state index >= 15 is 0 Å². The fourth-order valence-corrected chi connectivity index (χ4v) is 1.96. The smallest absolute Gasteiger partial charge is 0.335 e. The molecule has 1 unspecified atom stereocenters. The average molecular weight is 265 g/mol. The number of nitrogens with one attached hydrogen (secondary N) is 1. The lowest BCUT2D eigenvalue weighted by Crippen LogP contribution is -2.31. The molecular weight excluding hydrogens is 242 g/mol. The van der Waals surface area contributed by atoms with Gasteiger partial charge in [-0.3, -0.25) is 0 Å². The second-order valence-corrected chi connectivity index (χ2v) is 5.16. The highest BCUT2D eigenvalue weighted by atomic mass is 16.5. The standard InChI is InChI=1S/C15H23NO3/c1-11(2)10-12(3)16-8-9-19-14-6-4-13(5-7-14)15(17)18/h4-7,11-12,16H,8-10H2,1-3H3,(H,17,18). The second-order valence-electron chi connectivity index (χ2n) is 5.16. The van der Waals surface area contributed by atoms with E-state index in [2.05, 4.69) is 26.1 Å². The molecule has 0 aliphatic rings. The largest absolute Gasteiger partial charge is 0.492 e. The van der Waals surface area contributed by atoms with Gasteiger partial charge in [0.15, 0.2) is 0 Å². The maximum atomic E-state index is 10.7. The predicted molar refractivity (Wildman–Crippen MR) is 75.8 cm³/mol. The Kier molecular flexibility index (Phi) is 6.36. The van der Waals surface area contributed by atoms with Crippen molar-refractivity contribution in [3.8, 4) is 5.75 Å². The van der Waals surface area contributed by atoms with Crippen LogP contribution in [0.3, 0.4) is 0 Å². The Labute approximate surface area is 114 Å². The second kappa shape index (κ2) is 7.79. The number of ether oxygens (including phenoxy) is 1. The molecule has 1 atom stereocenters. The molecule has 1 aromatic carbocycles. The molecule has 0 amide bonds. The lowest BCUT2D eigenvalue weighted by molar-refractivity contribution is 0.0697. The highest BCUT2D eigenvalue weighted by molar-refractivity contribution is 5.87. The van der Waals surface area contributed by atoms with Gasteiger partial charge in [0.1, 0.15) is 12.4 Å². The topological polar surface area (TPSA) is 58.6 Å². The van der Waals surface area contributed by atoms with Gasteiger partial charge in [-0.05, 0) is 43.5 Å². The van der Waals surface area contributed by atoms with E-state index in [4.69, 9.17) is 9.84 Å². The van der Waals surface area contributed by atoms with Crippen LogP contribution >= 0.6 is 0 Å². The molecule has 0 radical (unpaired) electrons. The van der Waals surface area contributed by atoms with E-state index < -0.39 is 5.97 Å². The summed E-state index contributed by atoms with van der Waals surface area (Å²) in [5.74, 6) is 0.464. The maximum Gasteiger partial charge on any atom is 0.335 e. The third-order valence-electron chi connectivity index (χ3n) is 2.79. The van der Waals surface area contributed by atoms with Crippen LogP contribution in [0.1, 0.15) is 37.6 Å². The molecular formula is C15H23NO3. The molecule has 0 aliphatic carbocycles. The van der Waals surface area contributed by atoms with Crippen molar-refractivity contribution in [1.29, 1.82) is 0 Å². The summed E-state index contributed by atoms with van der Waals surface area (Å²) in [5, 5.41) is 12.2. The van der Waals surface area contributed by atoms with E-state index in [1.54, 1.807) is 24.3 Å². The molecule has 19 heavy (non-hydrogen) atoms. The summed E-state index contributed by atoms with van der Waals surface area (Å²) in [6.45, 7) is 7.95. The molecule has 0 bridgehead atoms. The molecule has 2 N–H and O–H groups in total. The van der Waals surface area contributed by atoms with Gasteiger partial charge in [0.05, 0.1) is 5.56 Å². The molecule has 0 aromatic heterocycles. The minimum atomic E-state index is -0.921. The van der Waals surface area contributed by atoms with E-state index in [9.17, 15) is 4.79 Å². The van der Waals surface area contributed by atoms with Crippen molar-refractivity contribution in [2.75, 3.05) is 13.2 Å². The first-order valence-electron chi connectivity index (χ1n) is 6.68. The van der Waals surface area contributed by atoms with Gasteiger partial charge in [-0.25, -0.2) is 4.79 Å². The Hall–Kier alpha value is -1.55. The summed E-state index contributed by atoms with van der Waals surface area (Å²) in [6.07, 6.45) is 1.15. The minimum Gasteiger partial charge on any atom is -0.492 e. The zero-order valence-electron chi connectivity index (χ0n) is 11.8. The number of aromatic carboxylic acids is 1. The molecule has 1 rings (SSSR count). The summed E-state index contributed by atoms with van der Waals surface area (Å²) < 4.78 is 5.54. The van der Waals surface area contributed by atoms with Crippen LogP contribution in [0.25, 0.3) is 0 Å². The first kappa shape index (κ1) is 15.5. The van der Waals surface area contributed by atoms with Gasteiger partial charge in [-0.15, -0.1) is 0 Å². The third-order valence-corrected chi connectivity index (χ3v) is 2.79. The molecule has 106 valence electrons. The van der Waals surface area contributed by atoms with Crippen LogP contribution in [-0.4, -0.2) is 30.3 Å². The quantitative estimate of drug-likeness (QED) is 0.710. The number of carboxylic acids is 1. The number of hydrogen-bond acceptors (Lipinski definition) is 3. The number of hydrogen-bond donors (Lipinski definition) is 2. The molecule has 1 aromatic rings. The van der Waals surface area contributed by atoms with Crippen LogP contribution in [0, 0.1) is 5.92 Å². The van der Waals surface area contributed by atoms with Crippen molar-refractivity contribution < 1.29 is 14.6 Å². The zero-order valence-corrected chi connectivity index (χ0v) is 11.8. The normalized spacial score (nSPS) is 12.4. The molecule has 0 saturated carbocycles. The number of benzene rings is 1. The SMILES string of the molecule is CC(C)CC(C)NCCOc1ccc(C(=O)O)cc1. The molecule has 0 aliphatic heterocycles. The Balaban J connectivity index is 2.24. The fraction of sp³-hybridized carbons (Fsp3) is 0.533. The highest BCUT2D eigenvalue weighted by Gasteiger charge is 2.04. The van der Waals surface area contributed by atoms with Crippen LogP contribution in [0.2, 0.25) is 0 Å². The van der Waals surface area contributed by atoms with Gasteiger partial charge in [0.25, 0.3) is 0 Å². The van der Waals surface area contributed by atoms with Crippen molar-refractivity contribution in [2.45, 2.75) is 33.2 Å². The molecule has 4 nitrogen and oxygen atoms in total. The fourth-order valence-electron chi connectivity index (χ4n) is 1.96. The number of carboxylic acid groups (broad SMARTS) is 1. The third kappa shape index (κ3) is 6.25. The van der Waals surface area contributed by atoms with E-state index in [0.717, 1.165) is 13.0 Å². The van der Waals surface area contributed by atoms with Crippen LogP contribution in [-0.2, 0) is 0 Å². The van der Waals surface area contributed by atoms with E-state index in [1.165, 1.54) is 0 Å². The Bertz CT molecular complexity index is 387. The van der Waals surface area contributed by atoms with Crippen molar-refractivity contribution >= 4 is 5.97 Å². The molecule has 0 spiro atoms. The van der Waals surface area contributed by atoms with Gasteiger partial charge >= 0.3 is 5.97 Å². The van der Waals surface area contributed by atoms with Gasteiger partial charge in [0.2, 0.25) is 0 Å². The van der Waals surface area contributed by atoms with Crippen LogP contribution in [0.5, 0.6) is 5.75 Å². The Morgan fingerprint density at radius 2 is 1.89 bits per heavy atom. The lowest BCUT2D eigenvalue weighted by Gasteiger charge is -2.16. The van der Waals surface area contributed by atoms with Gasteiger partial charge in [-0.2, -0.15) is 0 Å². The summed E-state index contributed by atoms with van der Waals surface area (Å²) in [6, 6.07) is 6.94. The van der Waals surface area contributed by atoms with Gasteiger partial charge in [-0.1, -0.05) is 13.8 Å². The summed E-state index contributed by atoms with van der Waals surface area (Å²) in [4.78, 5) is 10.7. The van der Waals surface area contributed by atoms with E-state index in [-0.39, 0.29) is 5.56 Å². The van der Waals surface area contributed by atoms with Crippen molar-refractivity contribution in [3.05, 3.63) is 29.8 Å². The average Bonchev–Trinajstić information content (AvgIpc) is 2.34. The highest BCUT2D eigenvalue weighted by Crippen LogP contribution is 2.11. The summed E-state index contributed by atoms with van der Waals surface area (Å²) >= 11 is 0. The zero-order chi connectivity index (χ0) is 14.3. The first-order chi connectivity index (χ1) is 8.99. The molecule has 0 fully saturated rings. The van der Waals surface area contributed by atoms with Crippen molar-refractivity contribution in [3.63, 3.8) is 0 Å². The van der Waals surface area contributed by atoms with Crippen molar-refractivity contribution in [2.24, 2.45) is 5.92 Å². The minimum absolute atomic E-state index is 0.274. The van der Waals surface area contributed by atoms with Crippen LogP contribution in [0.15, 0.2) is 24.3 Å². The van der Waals surface area contributed by atoms with Gasteiger partial charge in [0, 0.05) is 12.6 Å². The number of carbonyl (C=O) groups is 1. The molecule has 4 heteroatoms. The Morgan fingerprint density at radius 1 is 1.26 bits per heavy atom. The first-order valence-corrected chi connectivity index (χ1v) is 6.68. The maximum absolute atomic E-state index is 10.7. The molecule has 0 saturated heterocycles. The number of rotatable bonds is 8.